The number of sulfonamides is 1. The van der Waals surface area contributed by atoms with Crippen molar-refractivity contribution >= 4 is 21.8 Å². The average molecular weight is 416 g/mol. The van der Waals surface area contributed by atoms with Gasteiger partial charge in [-0.2, -0.15) is 0 Å². The second-order valence-corrected chi connectivity index (χ2v) is 9.11. The molecule has 2 amide bonds. The molecule has 8 heteroatoms. The van der Waals surface area contributed by atoms with Gasteiger partial charge in [-0.05, 0) is 48.2 Å². The standard InChI is InChI=1S/C21H24N2O5S/c1-14-8-15(2)10-18(9-14)28-13-20(24)23-12-17-7-5-4-6-16(17)11-19(23)21(25)22-29(3,26)27/h4-10,19H,11-13H2,1-3H3,(H,22,25). The van der Waals surface area contributed by atoms with Crippen LogP contribution in [0.4, 0.5) is 0 Å². The van der Waals surface area contributed by atoms with E-state index >= 15 is 0 Å². The molecule has 1 N–H and O–H groups in total. The number of hydrogen-bond donors (Lipinski definition) is 1. The van der Waals surface area contributed by atoms with Gasteiger partial charge in [0.1, 0.15) is 11.8 Å². The largest absolute Gasteiger partial charge is 0.484 e. The van der Waals surface area contributed by atoms with Gasteiger partial charge in [0.15, 0.2) is 6.61 Å². The number of benzene rings is 2. The van der Waals surface area contributed by atoms with Crippen LogP contribution in [0.15, 0.2) is 42.5 Å². The fourth-order valence-corrected chi connectivity index (χ4v) is 4.02. The average Bonchev–Trinajstić information content (AvgIpc) is 2.63. The van der Waals surface area contributed by atoms with Gasteiger partial charge in [-0.1, -0.05) is 30.3 Å². The molecule has 0 saturated carbocycles. The molecule has 0 bridgehead atoms. The molecule has 0 spiro atoms. The second-order valence-electron chi connectivity index (χ2n) is 7.36. The minimum Gasteiger partial charge on any atom is -0.484 e. The first-order valence-electron chi connectivity index (χ1n) is 9.21. The highest BCUT2D eigenvalue weighted by molar-refractivity contribution is 7.89. The molecule has 1 atom stereocenters. The third-order valence-corrected chi connectivity index (χ3v) is 5.29. The highest BCUT2D eigenvalue weighted by Gasteiger charge is 2.35. The number of amides is 2. The van der Waals surface area contributed by atoms with Crippen LogP contribution in [0.3, 0.4) is 0 Å². The monoisotopic (exact) mass is 416 g/mol. The number of aryl methyl sites for hydroxylation is 2. The van der Waals surface area contributed by atoms with Gasteiger partial charge in [0.05, 0.1) is 6.26 Å². The van der Waals surface area contributed by atoms with Crippen molar-refractivity contribution in [1.29, 1.82) is 0 Å². The zero-order valence-electron chi connectivity index (χ0n) is 16.6. The first-order valence-corrected chi connectivity index (χ1v) is 11.1. The molecular formula is C21H24N2O5S. The van der Waals surface area contributed by atoms with Crippen LogP contribution in [-0.4, -0.2) is 44.0 Å². The molecule has 7 nitrogen and oxygen atoms in total. The van der Waals surface area contributed by atoms with Gasteiger partial charge in [0.25, 0.3) is 11.8 Å². The van der Waals surface area contributed by atoms with Crippen LogP contribution in [0.2, 0.25) is 0 Å². The molecule has 3 rings (SSSR count). The smallest absolute Gasteiger partial charge is 0.261 e. The van der Waals surface area contributed by atoms with E-state index in [-0.39, 0.29) is 25.5 Å². The molecule has 1 aliphatic rings. The minimum atomic E-state index is -3.73. The number of rotatable bonds is 5. The van der Waals surface area contributed by atoms with E-state index in [9.17, 15) is 18.0 Å². The summed E-state index contributed by atoms with van der Waals surface area (Å²) in [6, 6.07) is 12.2. The first-order chi connectivity index (χ1) is 13.6. The van der Waals surface area contributed by atoms with Crippen molar-refractivity contribution in [3.63, 3.8) is 0 Å². The van der Waals surface area contributed by atoms with Gasteiger partial charge in [0, 0.05) is 13.0 Å². The third kappa shape index (κ3) is 5.35. The SMILES string of the molecule is Cc1cc(C)cc(OCC(=O)N2Cc3ccccc3CC2C(=O)NS(C)(=O)=O)c1. The summed E-state index contributed by atoms with van der Waals surface area (Å²) in [5, 5.41) is 0. The molecule has 0 radical (unpaired) electrons. The van der Waals surface area contributed by atoms with E-state index in [0.717, 1.165) is 28.5 Å². The Hall–Kier alpha value is -2.87. The van der Waals surface area contributed by atoms with E-state index in [4.69, 9.17) is 4.74 Å². The fraction of sp³-hybridized carbons (Fsp3) is 0.333. The maximum atomic E-state index is 12.9. The van der Waals surface area contributed by atoms with E-state index in [2.05, 4.69) is 0 Å². The molecule has 1 heterocycles. The molecule has 1 unspecified atom stereocenters. The molecule has 29 heavy (non-hydrogen) atoms. The highest BCUT2D eigenvalue weighted by Crippen LogP contribution is 2.24. The van der Waals surface area contributed by atoms with Gasteiger partial charge in [-0.25, -0.2) is 8.42 Å². The third-order valence-electron chi connectivity index (χ3n) is 4.72. The van der Waals surface area contributed by atoms with Crippen LogP contribution in [0.5, 0.6) is 5.75 Å². The molecule has 1 aliphatic heterocycles. The van der Waals surface area contributed by atoms with E-state index in [1.165, 1.54) is 4.90 Å². The lowest BCUT2D eigenvalue weighted by Gasteiger charge is -2.35. The highest BCUT2D eigenvalue weighted by atomic mass is 32.2. The lowest BCUT2D eigenvalue weighted by molar-refractivity contribution is -0.142. The molecular weight excluding hydrogens is 392 g/mol. The second kappa shape index (κ2) is 8.24. The Morgan fingerprint density at radius 1 is 1.10 bits per heavy atom. The van der Waals surface area contributed by atoms with E-state index in [1.54, 1.807) is 0 Å². The van der Waals surface area contributed by atoms with Crippen LogP contribution < -0.4 is 9.46 Å². The van der Waals surface area contributed by atoms with Gasteiger partial charge in [-0.3, -0.25) is 14.3 Å². The molecule has 0 aliphatic carbocycles. The fourth-order valence-electron chi connectivity index (χ4n) is 3.51. The van der Waals surface area contributed by atoms with Crippen molar-refractivity contribution in [3.05, 3.63) is 64.7 Å². The Labute approximate surface area is 170 Å². The molecule has 154 valence electrons. The quantitative estimate of drug-likeness (QED) is 0.801. The summed E-state index contributed by atoms with van der Waals surface area (Å²) in [4.78, 5) is 26.9. The molecule has 0 saturated heterocycles. The van der Waals surface area contributed by atoms with E-state index < -0.39 is 22.0 Å². The summed E-state index contributed by atoms with van der Waals surface area (Å²) in [7, 11) is -3.73. The number of hydrogen-bond acceptors (Lipinski definition) is 5. The van der Waals surface area contributed by atoms with Crippen LogP contribution in [0.25, 0.3) is 0 Å². The predicted molar refractivity (Wildman–Crippen MR) is 109 cm³/mol. The van der Waals surface area contributed by atoms with Crippen LogP contribution >= 0.6 is 0 Å². The Balaban J connectivity index is 1.80. The Morgan fingerprint density at radius 3 is 2.34 bits per heavy atom. The van der Waals surface area contributed by atoms with E-state index in [1.807, 2.05) is 61.0 Å². The van der Waals surface area contributed by atoms with Gasteiger partial charge in [-0.15, -0.1) is 0 Å². The minimum absolute atomic E-state index is 0.215. The Morgan fingerprint density at radius 2 is 1.72 bits per heavy atom. The molecule has 0 fully saturated rings. The van der Waals surface area contributed by atoms with Crippen molar-refractivity contribution in [2.75, 3.05) is 12.9 Å². The Kier molecular flexibility index (Phi) is 5.93. The maximum Gasteiger partial charge on any atom is 0.261 e. The number of carbonyl (C=O) groups excluding carboxylic acids is 2. The zero-order chi connectivity index (χ0) is 21.2. The number of nitrogens with zero attached hydrogens (tertiary/aromatic N) is 1. The van der Waals surface area contributed by atoms with Crippen LogP contribution in [-0.2, 0) is 32.6 Å². The molecule has 2 aromatic rings. The number of fused-ring (bicyclic) bond motifs is 1. The normalized spacial score (nSPS) is 16.1. The lowest BCUT2D eigenvalue weighted by Crippen LogP contribution is -2.54. The van der Waals surface area contributed by atoms with E-state index in [0.29, 0.717) is 5.75 Å². The number of carbonyl (C=O) groups is 2. The first kappa shape index (κ1) is 20.9. The molecule has 2 aromatic carbocycles. The summed E-state index contributed by atoms with van der Waals surface area (Å²) in [5.74, 6) is -0.528. The number of ether oxygens (including phenoxy) is 1. The van der Waals surface area contributed by atoms with Crippen molar-refractivity contribution in [1.82, 2.24) is 9.62 Å². The van der Waals surface area contributed by atoms with Gasteiger partial charge < -0.3 is 9.64 Å². The van der Waals surface area contributed by atoms with Crippen LogP contribution in [0.1, 0.15) is 22.3 Å². The predicted octanol–water partition coefficient (Wildman–Crippen LogP) is 1.71. The van der Waals surface area contributed by atoms with Crippen molar-refractivity contribution in [2.24, 2.45) is 0 Å². The molecule has 0 aromatic heterocycles. The zero-order valence-corrected chi connectivity index (χ0v) is 17.5. The summed E-state index contributed by atoms with van der Waals surface area (Å²) >= 11 is 0. The van der Waals surface area contributed by atoms with Crippen molar-refractivity contribution in [2.45, 2.75) is 32.9 Å². The maximum absolute atomic E-state index is 12.9. The Bertz CT molecular complexity index is 1030. The summed E-state index contributed by atoms with van der Waals surface area (Å²) in [6.45, 7) is 3.85. The van der Waals surface area contributed by atoms with Gasteiger partial charge >= 0.3 is 0 Å². The lowest BCUT2D eigenvalue weighted by atomic mass is 9.93. The van der Waals surface area contributed by atoms with Crippen molar-refractivity contribution in [3.8, 4) is 5.75 Å². The van der Waals surface area contributed by atoms with Crippen LogP contribution in [0, 0.1) is 13.8 Å². The summed E-state index contributed by atoms with van der Waals surface area (Å²) < 4.78 is 30.7. The summed E-state index contributed by atoms with van der Waals surface area (Å²) in [5.41, 5.74) is 3.88. The van der Waals surface area contributed by atoms with Gasteiger partial charge in [0.2, 0.25) is 10.0 Å². The van der Waals surface area contributed by atoms with Crippen molar-refractivity contribution < 1.29 is 22.7 Å². The summed E-state index contributed by atoms with van der Waals surface area (Å²) in [6.07, 6.45) is 1.16. The number of nitrogens with one attached hydrogen (secondary N) is 1. The topological polar surface area (TPSA) is 92.8 Å².